The number of Topliss-reactive ketones (excluding diaryl/α,β-unsaturated/α-hetero) is 1. The highest BCUT2D eigenvalue weighted by Crippen LogP contribution is 2.77. The first kappa shape index (κ1) is 42.4. The summed E-state index contributed by atoms with van der Waals surface area (Å²) in [4.78, 5) is 53.8. The first-order chi connectivity index (χ1) is 25.8. The summed E-state index contributed by atoms with van der Waals surface area (Å²) < 4.78 is 12.0. The van der Waals surface area contributed by atoms with Crippen LogP contribution < -0.4 is 5.32 Å². The molecule has 7 nitrogen and oxygen atoms in total. The second kappa shape index (κ2) is 14.3. The summed E-state index contributed by atoms with van der Waals surface area (Å²) in [6, 6.07) is 7.85. The van der Waals surface area contributed by atoms with E-state index in [9.17, 15) is 19.2 Å². The lowest BCUT2D eigenvalue weighted by atomic mass is 9.33. The molecule has 0 aromatic heterocycles. The third-order valence-corrected chi connectivity index (χ3v) is 16.1. The summed E-state index contributed by atoms with van der Waals surface area (Å²) in [6.07, 6.45) is 12.0. The van der Waals surface area contributed by atoms with Gasteiger partial charge in [-0.1, -0.05) is 72.2 Å². The average Bonchev–Trinajstić information content (AvgIpc) is 3.38. The molecule has 1 N–H and O–H groups in total. The number of amides is 1. The smallest absolute Gasteiger partial charge is 0.312 e. The molecule has 4 saturated carbocycles. The van der Waals surface area contributed by atoms with Gasteiger partial charge in [-0.05, 0) is 156 Å². The van der Waals surface area contributed by atoms with Gasteiger partial charge in [-0.2, -0.15) is 0 Å². The van der Waals surface area contributed by atoms with Gasteiger partial charge in [-0.15, -0.1) is 0 Å². The number of hydrogen-bond acceptors (Lipinski definition) is 6. The van der Waals surface area contributed by atoms with Crippen molar-refractivity contribution in [2.45, 2.75) is 166 Å². The SMILES string of the molecule is Cc1ccc(NC(=O)C=C[C@@]23CC[C@]4(C)[C@H](CC[C@@H]5[C@@]6(C)CC[C@H](OC(=O)CC(C)(C)C(=O)OC(C)(C)C)C(C)(C)[C@@H]6CC[C@]54C)C2=C(C(C)C)C(=O)C3)cc1. The van der Waals surface area contributed by atoms with E-state index in [1.165, 1.54) is 5.57 Å². The molecule has 1 amide bonds. The number of aryl methyl sites for hydroxylation is 1. The van der Waals surface area contributed by atoms with Gasteiger partial charge in [0.05, 0.1) is 11.8 Å². The van der Waals surface area contributed by atoms with Crippen LogP contribution in [0.25, 0.3) is 0 Å². The molecule has 5 aliphatic rings. The largest absolute Gasteiger partial charge is 0.462 e. The highest BCUT2D eigenvalue weighted by atomic mass is 16.6. The Balaban J connectivity index is 1.24. The zero-order chi connectivity index (χ0) is 41.4. The van der Waals surface area contributed by atoms with Gasteiger partial charge < -0.3 is 14.8 Å². The molecule has 0 radical (unpaired) electrons. The molecule has 0 spiro atoms. The summed E-state index contributed by atoms with van der Waals surface area (Å²) in [7, 11) is 0. The number of anilines is 1. The fourth-order valence-corrected chi connectivity index (χ4v) is 13.1. The van der Waals surface area contributed by atoms with Gasteiger partial charge in [0.25, 0.3) is 0 Å². The molecular weight excluding hydrogens is 699 g/mol. The number of fused-ring (bicyclic) bond motifs is 7. The number of nitrogens with one attached hydrogen (secondary N) is 1. The Hall–Kier alpha value is -3.22. The summed E-state index contributed by atoms with van der Waals surface area (Å²) in [6.45, 7) is 27.7. The number of ketones is 1. The van der Waals surface area contributed by atoms with Crippen LogP contribution >= 0.6 is 0 Å². The van der Waals surface area contributed by atoms with E-state index in [4.69, 9.17) is 9.47 Å². The van der Waals surface area contributed by atoms with Crippen molar-refractivity contribution < 1.29 is 28.7 Å². The van der Waals surface area contributed by atoms with Crippen molar-refractivity contribution in [3.63, 3.8) is 0 Å². The highest BCUT2D eigenvalue weighted by Gasteiger charge is 2.70. The van der Waals surface area contributed by atoms with Crippen LogP contribution in [0.2, 0.25) is 0 Å². The second-order valence-electron chi connectivity index (χ2n) is 21.9. The third-order valence-electron chi connectivity index (χ3n) is 16.1. The average molecular weight is 770 g/mol. The van der Waals surface area contributed by atoms with Gasteiger partial charge >= 0.3 is 11.9 Å². The number of rotatable bonds is 8. The van der Waals surface area contributed by atoms with Gasteiger partial charge in [0, 0.05) is 29.0 Å². The van der Waals surface area contributed by atoms with Crippen LogP contribution in [0.5, 0.6) is 0 Å². The van der Waals surface area contributed by atoms with Gasteiger partial charge in [0.1, 0.15) is 11.7 Å². The predicted molar refractivity (Wildman–Crippen MR) is 223 cm³/mol. The van der Waals surface area contributed by atoms with Crippen LogP contribution in [0.3, 0.4) is 0 Å². The van der Waals surface area contributed by atoms with Crippen molar-refractivity contribution in [2.24, 2.45) is 56.2 Å². The van der Waals surface area contributed by atoms with E-state index in [0.29, 0.717) is 18.3 Å². The molecule has 0 aliphatic heterocycles. The molecule has 0 heterocycles. The Morgan fingerprint density at radius 1 is 0.857 bits per heavy atom. The van der Waals surface area contributed by atoms with E-state index < -0.39 is 16.4 Å². The van der Waals surface area contributed by atoms with Crippen LogP contribution in [0.15, 0.2) is 47.6 Å². The molecular formula is C49H71NO6. The van der Waals surface area contributed by atoms with E-state index in [-0.39, 0.29) is 69.6 Å². The number of allylic oxidation sites excluding steroid dienone is 3. The van der Waals surface area contributed by atoms with E-state index in [1.807, 2.05) is 52.0 Å². The molecule has 8 atom stereocenters. The molecule has 0 bridgehead atoms. The molecule has 4 fully saturated rings. The Morgan fingerprint density at radius 3 is 2.14 bits per heavy atom. The fourth-order valence-electron chi connectivity index (χ4n) is 13.1. The molecule has 56 heavy (non-hydrogen) atoms. The van der Waals surface area contributed by atoms with Crippen LogP contribution in [-0.2, 0) is 28.7 Å². The maximum Gasteiger partial charge on any atom is 0.312 e. The Morgan fingerprint density at radius 2 is 1.52 bits per heavy atom. The summed E-state index contributed by atoms with van der Waals surface area (Å²) in [5.41, 5.74) is 2.17. The molecule has 1 aromatic rings. The van der Waals surface area contributed by atoms with Crippen molar-refractivity contribution in [3.05, 3.63) is 53.1 Å². The maximum atomic E-state index is 14.0. The molecule has 0 saturated heterocycles. The Kier molecular flexibility index (Phi) is 10.8. The van der Waals surface area contributed by atoms with Crippen molar-refractivity contribution in [2.75, 3.05) is 5.32 Å². The van der Waals surface area contributed by atoms with Crippen LogP contribution in [-0.4, -0.2) is 35.3 Å². The zero-order valence-electron chi connectivity index (χ0n) is 36.9. The van der Waals surface area contributed by atoms with E-state index in [2.05, 4.69) is 59.9 Å². The summed E-state index contributed by atoms with van der Waals surface area (Å²) in [5, 5.41) is 3.04. The lowest BCUT2D eigenvalue weighted by Crippen LogP contribution is -2.65. The lowest BCUT2D eigenvalue weighted by Gasteiger charge is -2.72. The van der Waals surface area contributed by atoms with Crippen LogP contribution in [0, 0.1) is 63.1 Å². The topological polar surface area (TPSA) is 98.8 Å². The van der Waals surface area contributed by atoms with E-state index >= 15 is 0 Å². The quantitative estimate of drug-likeness (QED) is 0.209. The third kappa shape index (κ3) is 7.14. The minimum atomic E-state index is -0.978. The lowest BCUT2D eigenvalue weighted by molar-refractivity contribution is -0.232. The maximum absolute atomic E-state index is 14.0. The minimum absolute atomic E-state index is 0.00614. The van der Waals surface area contributed by atoms with Crippen molar-refractivity contribution >= 4 is 29.3 Å². The van der Waals surface area contributed by atoms with Crippen LogP contribution in [0.4, 0.5) is 5.69 Å². The van der Waals surface area contributed by atoms with Gasteiger partial charge in [-0.25, -0.2) is 0 Å². The predicted octanol–water partition coefficient (Wildman–Crippen LogP) is 11.1. The van der Waals surface area contributed by atoms with Gasteiger partial charge in [-0.3, -0.25) is 19.2 Å². The number of esters is 2. The number of ether oxygens (including phenoxy) is 2. The number of carbonyl (C=O) groups excluding carboxylic acids is 4. The van der Waals surface area contributed by atoms with Crippen molar-refractivity contribution in [1.29, 1.82) is 0 Å². The fraction of sp³-hybridized carbons (Fsp3) is 0.714. The molecule has 5 aliphatic carbocycles. The van der Waals surface area contributed by atoms with E-state index in [1.54, 1.807) is 19.9 Å². The molecule has 0 unspecified atom stereocenters. The number of carbonyl (C=O) groups is 4. The normalized spacial score (nSPS) is 35.4. The number of benzene rings is 1. The highest BCUT2D eigenvalue weighted by molar-refractivity contribution is 6.02. The summed E-state index contributed by atoms with van der Waals surface area (Å²) >= 11 is 0. The standard InChI is InChI=1S/C49H71NO6/c1-30(2)40-34(51)28-49(25-22-38(52)50-32-16-14-31(3)15-17-32)27-26-47(12)33(41(40)49)18-19-36-46(11)23-21-37(45(9,10)35(46)20-24-48(36,47)13)55-39(53)29-44(7,8)42(54)56-43(4,5)6/h14-17,22,25,30,33,35-37H,18-21,23-24,26-29H2,1-13H3,(H,50,52)/t33-,35+,36-,37+,46+,47-,48-,49+/m1/s1. The Labute approximate surface area is 337 Å². The summed E-state index contributed by atoms with van der Waals surface area (Å²) in [5.74, 6) is 0.688. The first-order valence-corrected chi connectivity index (χ1v) is 21.6. The monoisotopic (exact) mass is 770 g/mol. The molecule has 308 valence electrons. The van der Waals surface area contributed by atoms with Crippen LogP contribution in [0.1, 0.15) is 153 Å². The zero-order valence-corrected chi connectivity index (χ0v) is 36.9. The Bertz CT molecular complexity index is 1810. The minimum Gasteiger partial charge on any atom is -0.462 e. The van der Waals surface area contributed by atoms with Crippen molar-refractivity contribution in [1.82, 2.24) is 0 Å². The molecule has 6 rings (SSSR count). The first-order valence-electron chi connectivity index (χ1n) is 21.6. The van der Waals surface area contributed by atoms with Gasteiger partial charge in [0.2, 0.25) is 5.91 Å². The molecule has 1 aromatic carbocycles. The second-order valence-corrected chi connectivity index (χ2v) is 21.9. The van der Waals surface area contributed by atoms with Gasteiger partial charge in [0.15, 0.2) is 5.78 Å². The number of hydrogen-bond donors (Lipinski definition) is 1. The molecule has 7 heteroatoms. The van der Waals surface area contributed by atoms with Crippen molar-refractivity contribution in [3.8, 4) is 0 Å². The van der Waals surface area contributed by atoms with E-state index in [0.717, 1.165) is 68.2 Å².